The zero-order valence-electron chi connectivity index (χ0n) is 18.3. The monoisotopic (exact) mass is 547 g/mol. The van der Waals surface area contributed by atoms with E-state index in [9.17, 15) is 48.7 Å². The fourth-order valence-electron chi connectivity index (χ4n) is 3.50. The van der Waals surface area contributed by atoms with Crippen LogP contribution in [0.5, 0.6) is 0 Å². The van der Waals surface area contributed by atoms with Crippen molar-refractivity contribution in [2.45, 2.75) is 43.2 Å². The lowest BCUT2D eigenvalue weighted by molar-refractivity contribution is -0.292. The predicted molar refractivity (Wildman–Crippen MR) is 103 cm³/mol. The van der Waals surface area contributed by atoms with Crippen LogP contribution in [0.3, 0.4) is 0 Å². The molecule has 0 bridgehead atoms. The molecule has 18 heteroatoms. The minimum Gasteiger partial charge on any atom is -0.349 e. The second-order valence-electron chi connectivity index (χ2n) is 8.25. The van der Waals surface area contributed by atoms with Gasteiger partial charge >= 0.3 is 24.3 Å². The maximum atomic E-state index is 13.9. The van der Waals surface area contributed by atoms with Gasteiger partial charge in [-0.25, -0.2) is 9.36 Å². The number of carbonyl (C=O) groups excluding carboxylic acids is 1. The van der Waals surface area contributed by atoms with Crippen molar-refractivity contribution in [1.82, 2.24) is 29.4 Å². The van der Waals surface area contributed by atoms with Crippen molar-refractivity contribution >= 4 is 5.91 Å². The van der Waals surface area contributed by atoms with Gasteiger partial charge in [0.25, 0.3) is 5.91 Å². The Morgan fingerprint density at radius 2 is 1.65 bits per heavy atom. The maximum absolute atomic E-state index is 13.9. The van der Waals surface area contributed by atoms with Crippen LogP contribution in [-0.4, -0.2) is 42.3 Å². The minimum atomic E-state index is -6.39. The SMILES string of the molecule is Cn1nc(C(F)(F)C(F)(F)F)c(C(F)(F)F)c1-n1cc(-n2cc(C(=O)NC3CC3)c(C(N)(F)F)c2)cn1. The number of amides is 1. The van der Waals surface area contributed by atoms with Crippen molar-refractivity contribution in [3.63, 3.8) is 0 Å². The molecule has 0 radical (unpaired) electrons. The van der Waals surface area contributed by atoms with E-state index < -0.39 is 58.4 Å². The molecule has 3 N–H and O–H groups in total. The largest absolute Gasteiger partial charge is 0.459 e. The summed E-state index contributed by atoms with van der Waals surface area (Å²) in [6, 6.07) is -4.21. The number of hydrogen-bond acceptors (Lipinski definition) is 4. The molecule has 202 valence electrons. The third-order valence-corrected chi connectivity index (χ3v) is 5.38. The Kier molecular flexibility index (Phi) is 5.89. The number of halogens is 10. The molecule has 1 saturated carbocycles. The van der Waals surface area contributed by atoms with Gasteiger partial charge in [-0.15, -0.1) is 0 Å². The lowest BCUT2D eigenvalue weighted by Gasteiger charge is -2.19. The third kappa shape index (κ3) is 4.76. The van der Waals surface area contributed by atoms with Crippen LogP contribution in [0.1, 0.15) is 40.0 Å². The van der Waals surface area contributed by atoms with Crippen LogP contribution < -0.4 is 11.1 Å². The summed E-state index contributed by atoms with van der Waals surface area (Å²) >= 11 is 0. The summed E-state index contributed by atoms with van der Waals surface area (Å²) in [5, 5.41) is 8.80. The van der Waals surface area contributed by atoms with Gasteiger partial charge in [0.05, 0.1) is 29.2 Å². The molecule has 8 nitrogen and oxygen atoms in total. The van der Waals surface area contributed by atoms with E-state index in [1.807, 2.05) is 0 Å². The van der Waals surface area contributed by atoms with Gasteiger partial charge in [0.2, 0.25) is 0 Å². The molecule has 0 aromatic carbocycles. The van der Waals surface area contributed by atoms with E-state index in [1.165, 1.54) is 0 Å². The minimum absolute atomic E-state index is 0.123. The van der Waals surface area contributed by atoms with Gasteiger partial charge in [-0.05, 0) is 12.8 Å². The van der Waals surface area contributed by atoms with Crippen molar-refractivity contribution in [3.05, 3.63) is 47.2 Å². The first kappa shape index (κ1) is 26.5. The maximum Gasteiger partial charge on any atom is 0.459 e. The lowest BCUT2D eigenvalue weighted by Crippen LogP contribution is -2.36. The van der Waals surface area contributed by atoms with Crippen LogP contribution in [0.2, 0.25) is 0 Å². The number of nitrogens with zero attached hydrogens (tertiary/aromatic N) is 5. The molecule has 0 saturated heterocycles. The summed E-state index contributed by atoms with van der Waals surface area (Å²) in [4.78, 5) is 12.4. The number of nitrogens with one attached hydrogen (secondary N) is 1. The van der Waals surface area contributed by atoms with E-state index in [-0.39, 0.29) is 16.4 Å². The fourth-order valence-corrected chi connectivity index (χ4v) is 3.50. The summed E-state index contributed by atoms with van der Waals surface area (Å²) < 4.78 is 137. The first-order chi connectivity index (χ1) is 16.8. The molecule has 0 atom stereocenters. The Labute approximate surface area is 199 Å². The molecule has 0 aliphatic heterocycles. The molecule has 3 heterocycles. The summed E-state index contributed by atoms with van der Waals surface area (Å²) in [5.74, 6) is -8.16. The summed E-state index contributed by atoms with van der Waals surface area (Å²) in [6.45, 7) is 0. The smallest absolute Gasteiger partial charge is 0.349 e. The van der Waals surface area contributed by atoms with Gasteiger partial charge in [-0.3, -0.25) is 10.5 Å². The van der Waals surface area contributed by atoms with Gasteiger partial charge in [0.15, 0.2) is 11.5 Å². The summed E-state index contributed by atoms with van der Waals surface area (Å²) in [7, 11) is 0.685. The van der Waals surface area contributed by atoms with Gasteiger partial charge in [0, 0.05) is 25.5 Å². The van der Waals surface area contributed by atoms with Crippen LogP contribution >= 0.6 is 0 Å². The second kappa shape index (κ2) is 8.22. The molecule has 1 fully saturated rings. The Morgan fingerprint density at radius 1 is 1.03 bits per heavy atom. The topological polar surface area (TPSA) is 95.7 Å². The summed E-state index contributed by atoms with van der Waals surface area (Å²) in [5.41, 5.74) is -1.88. The molecule has 0 unspecified atom stereocenters. The highest BCUT2D eigenvalue weighted by molar-refractivity contribution is 5.96. The van der Waals surface area contributed by atoms with Crippen molar-refractivity contribution in [2.75, 3.05) is 0 Å². The van der Waals surface area contributed by atoms with Gasteiger partial charge in [-0.2, -0.15) is 54.1 Å². The van der Waals surface area contributed by atoms with Crippen molar-refractivity contribution < 1.29 is 48.7 Å². The quantitative estimate of drug-likeness (QED) is 0.361. The molecule has 0 spiro atoms. The van der Waals surface area contributed by atoms with Crippen molar-refractivity contribution in [3.8, 4) is 11.5 Å². The molecule has 37 heavy (non-hydrogen) atoms. The molecular formula is C19H15F10N7O. The van der Waals surface area contributed by atoms with E-state index >= 15 is 0 Å². The van der Waals surface area contributed by atoms with Crippen LogP contribution in [0, 0.1) is 0 Å². The first-order valence-electron chi connectivity index (χ1n) is 10.2. The number of nitrogens with two attached hydrogens (primary N) is 1. The molecule has 1 aliphatic rings. The first-order valence-corrected chi connectivity index (χ1v) is 10.2. The van der Waals surface area contributed by atoms with Crippen molar-refractivity contribution in [2.24, 2.45) is 12.8 Å². The Morgan fingerprint density at radius 3 is 2.16 bits per heavy atom. The number of aryl methyl sites for hydroxylation is 1. The highest BCUT2D eigenvalue weighted by Crippen LogP contribution is 2.49. The number of carbonyl (C=O) groups is 1. The molecule has 1 amide bonds. The summed E-state index contributed by atoms with van der Waals surface area (Å²) in [6.07, 6.45) is -7.72. The standard InChI is InChI=1S/C19H15F10N7O/c1-34-15(12(17(22,23)24)13(33-34)16(20,21)19(27,28)29)36-5-9(4-31-36)35-6-10(11(7-35)18(25,26)30)14(37)32-8-2-3-8/h4-8H,2-3,30H2,1H3,(H,32,37). The van der Waals surface area contributed by atoms with Gasteiger partial charge < -0.3 is 9.88 Å². The predicted octanol–water partition coefficient (Wildman–Crippen LogP) is 3.97. The molecule has 3 aromatic rings. The van der Waals surface area contributed by atoms with E-state index in [1.54, 1.807) is 0 Å². The van der Waals surface area contributed by atoms with Gasteiger partial charge in [0.1, 0.15) is 5.56 Å². The van der Waals surface area contributed by atoms with E-state index in [0.29, 0.717) is 30.8 Å². The number of rotatable bonds is 6. The van der Waals surface area contributed by atoms with E-state index in [2.05, 4.69) is 15.5 Å². The normalized spacial score (nSPS) is 15.4. The zero-order chi connectivity index (χ0) is 27.7. The number of alkyl halides is 10. The lowest BCUT2D eigenvalue weighted by atomic mass is 10.1. The highest BCUT2D eigenvalue weighted by Gasteiger charge is 2.64. The Hall–Kier alpha value is -3.57. The van der Waals surface area contributed by atoms with Crippen LogP contribution in [0.4, 0.5) is 43.9 Å². The molecule has 1 aliphatic carbocycles. The fraction of sp³-hybridized carbons (Fsp3) is 0.421. The van der Waals surface area contributed by atoms with Crippen LogP contribution in [0.15, 0.2) is 24.8 Å². The average molecular weight is 547 g/mol. The molecule has 4 rings (SSSR count). The van der Waals surface area contributed by atoms with E-state index in [0.717, 1.165) is 23.2 Å². The second-order valence-corrected chi connectivity index (χ2v) is 8.25. The van der Waals surface area contributed by atoms with Gasteiger partial charge in [-0.1, -0.05) is 0 Å². The molecule has 3 aromatic heterocycles. The van der Waals surface area contributed by atoms with Crippen LogP contribution in [-0.2, 0) is 25.2 Å². The van der Waals surface area contributed by atoms with Crippen molar-refractivity contribution in [1.29, 1.82) is 0 Å². The zero-order valence-corrected chi connectivity index (χ0v) is 18.3. The van der Waals surface area contributed by atoms with E-state index in [4.69, 9.17) is 5.73 Å². The highest BCUT2D eigenvalue weighted by atomic mass is 19.4. The number of hydrogen-bond donors (Lipinski definition) is 2. The Bertz CT molecular complexity index is 1340. The van der Waals surface area contributed by atoms with Crippen LogP contribution in [0.25, 0.3) is 11.5 Å². The average Bonchev–Trinajstić information content (AvgIpc) is 3.15. The Balaban J connectivity index is 1.81. The molecular weight excluding hydrogens is 532 g/mol. The third-order valence-electron chi connectivity index (χ3n) is 5.38. The number of aromatic nitrogens is 5.